The van der Waals surface area contributed by atoms with Crippen LogP contribution in [0.25, 0.3) is 11.3 Å². The van der Waals surface area contributed by atoms with Crippen LogP contribution in [0.3, 0.4) is 0 Å². The molecule has 1 aromatic heterocycles. The molecule has 0 saturated carbocycles. The summed E-state index contributed by atoms with van der Waals surface area (Å²) in [5.41, 5.74) is 2.67. The SMILES string of the molecule is N#Cc1cccc(-c2ccnn2C2CCCCO2)c1. The first-order chi connectivity index (χ1) is 9.38. The lowest BCUT2D eigenvalue weighted by atomic mass is 10.1. The lowest BCUT2D eigenvalue weighted by molar-refractivity contribution is -0.0383. The Morgan fingerprint density at radius 3 is 3.05 bits per heavy atom. The molecule has 1 saturated heterocycles. The fraction of sp³-hybridized carbons (Fsp3) is 0.333. The van der Waals surface area contributed by atoms with Crippen LogP contribution in [0.4, 0.5) is 0 Å². The van der Waals surface area contributed by atoms with Crippen LogP contribution in [0.5, 0.6) is 0 Å². The quantitative estimate of drug-likeness (QED) is 0.826. The van der Waals surface area contributed by atoms with Crippen LogP contribution in [0, 0.1) is 11.3 Å². The van der Waals surface area contributed by atoms with Crippen LogP contribution < -0.4 is 0 Å². The fourth-order valence-corrected chi connectivity index (χ4v) is 2.44. The molecule has 1 aliphatic heterocycles. The van der Waals surface area contributed by atoms with Crippen LogP contribution in [-0.4, -0.2) is 16.4 Å². The van der Waals surface area contributed by atoms with Crippen molar-refractivity contribution in [3.63, 3.8) is 0 Å². The van der Waals surface area contributed by atoms with Crippen molar-refractivity contribution >= 4 is 0 Å². The Morgan fingerprint density at radius 2 is 2.26 bits per heavy atom. The van der Waals surface area contributed by atoms with Gasteiger partial charge in [-0.1, -0.05) is 12.1 Å². The van der Waals surface area contributed by atoms with Crippen LogP contribution in [0.15, 0.2) is 36.5 Å². The molecular formula is C15H15N3O. The number of nitriles is 1. The molecule has 0 bridgehead atoms. The van der Waals surface area contributed by atoms with E-state index in [0.717, 1.165) is 30.7 Å². The van der Waals surface area contributed by atoms with Crippen molar-refractivity contribution in [3.05, 3.63) is 42.1 Å². The van der Waals surface area contributed by atoms with Crippen molar-refractivity contribution < 1.29 is 4.74 Å². The van der Waals surface area contributed by atoms with E-state index in [1.54, 1.807) is 12.3 Å². The lowest BCUT2D eigenvalue weighted by Crippen LogP contribution is -2.19. The van der Waals surface area contributed by atoms with Crippen molar-refractivity contribution in [3.8, 4) is 17.3 Å². The van der Waals surface area contributed by atoms with E-state index in [9.17, 15) is 0 Å². The third-order valence-electron chi connectivity index (χ3n) is 3.39. The summed E-state index contributed by atoms with van der Waals surface area (Å²) in [6, 6.07) is 11.7. The van der Waals surface area contributed by atoms with Crippen LogP contribution >= 0.6 is 0 Å². The van der Waals surface area contributed by atoms with Crippen LogP contribution in [0.2, 0.25) is 0 Å². The Hall–Kier alpha value is -2.12. The maximum atomic E-state index is 8.98. The van der Waals surface area contributed by atoms with Crippen molar-refractivity contribution in [2.75, 3.05) is 6.61 Å². The lowest BCUT2D eigenvalue weighted by Gasteiger charge is -2.24. The van der Waals surface area contributed by atoms with Gasteiger partial charge in [-0.05, 0) is 37.5 Å². The van der Waals surface area contributed by atoms with Gasteiger partial charge in [0.05, 0.1) is 17.3 Å². The fourth-order valence-electron chi connectivity index (χ4n) is 2.44. The molecule has 0 radical (unpaired) electrons. The number of hydrogen-bond donors (Lipinski definition) is 0. The summed E-state index contributed by atoms with van der Waals surface area (Å²) in [6.07, 6.45) is 5.09. The zero-order valence-electron chi connectivity index (χ0n) is 10.6. The molecule has 1 aliphatic rings. The minimum atomic E-state index is 0.0180. The van der Waals surface area contributed by atoms with E-state index in [1.807, 2.05) is 28.9 Å². The summed E-state index contributed by atoms with van der Waals surface area (Å²) in [7, 11) is 0. The molecule has 19 heavy (non-hydrogen) atoms. The van der Waals surface area contributed by atoms with E-state index in [0.29, 0.717) is 5.56 Å². The first kappa shape index (κ1) is 11.9. The standard InChI is InChI=1S/C15H15N3O/c16-11-12-4-3-5-13(10-12)14-7-8-17-18(14)15-6-1-2-9-19-15/h3-5,7-8,10,15H,1-2,6,9H2. The van der Waals surface area contributed by atoms with Gasteiger partial charge in [-0.2, -0.15) is 10.4 Å². The number of hydrogen-bond acceptors (Lipinski definition) is 3. The Morgan fingerprint density at radius 1 is 1.32 bits per heavy atom. The second-order valence-corrected chi connectivity index (χ2v) is 4.67. The molecule has 0 N–H and O–H groups in total. The van der Waals surface area contributed by atoms with Crippen LogP contribution in [0.1, 0.15) is 31.1 Å². The number of ether oxygens (including phenoxy) is 1. The van der Waals surface area contributed by atoms with E-state index in [4.69, 9.17) is 10.00 Å². The van der Waals surface area contributed by atoms with Crippen LogP contribution in [-0.2, 0) is 4.74 Å². The number of aromatic nitrogens is 2. The van der Waals surface area contributed by atoms with E-state index < -0.39 is 0 Å². The zero-order chi connectivity index (χ0) is 13.1. The number of nitrogens with zero attached hydrogens (tertiary/aromatic N) is 3. The van der Waals surface area contributed by atoms with Gasteiger partial charge >= 0.3 is 0 Å². The van der Waals surface area contributed by atoms with Gasteiger partial charge in [0.15, 0.2) is 6.23 Å². The highest BCUT2D eigenvalue weighted by molar-refractivity contribution is 5.61. The number of rotatable bonds is 2. The average molecular weight is 253 g/mol. The molecule has 96 valence electrons. The zero-order valence-corrected chi connectivity index (χ0v) is 10.6. The normalized spacial score (nSPS) is 19.0. The van der Waals surface area contributed by atoms with Crippen molar-refractivity contribution in [1.29, 1.82) is 5.26 Å². The van der Waals surface area contributed by atoms with Crippen molar-refractivity contribution in [2.24, 2.45) is 0 Å². The molecule has 2 heterocycles. The third kappa shape index (κ3) is 2.38. The van der Waals surface area contributed by atoms with Crippen molar-refractivity contribution in [2.45, 2.75) is 25.5 Å². The summed E-state index contributed by atoms with van der Waals surface area (Å²) in [4.78, 5) is 0. The Balaban J connectivity index is 1.97. The van der Waals surface area contributed by atoms with E-state index in [1.165, 1.54) is 6.42 Å². The van der Waals surface area contributed by atoms with Crippen molar-refractivity contribution in [1.82, 2.24) is 9.78 Å². The maximum Gasteiger partial charge on any atom is 0.150 e. The van der Waals surface area contributed by atoms with E-state index in [2.05, 4.69) is 11.2 Å². The molecule has 3 rings (SSSR count). The van der Waals surface area contributed by atoms with Gasteiger partial charge in [-0.15, -0.1) is 0 Å². The summed E-state index contributed by atoms with van der Waals surface area (Å²) in [5, 5.41) is 13.4. The molecule has 0 aliphatic carbocycles. The number of benzene rings is 1. The summed E-state index contributed by atoms with van der Waals surface area (Å²) >= 11 is 0. The van der Waals surface area contributed by atoms with E-state index in [-0.39, 0.29) is 6.23 Å². The minimum absolute atomic E-state index is 0.0180. The van der Waals surface area contributed by atoms with Gasteiger partial charge in [-0.25, -0.2) is 4.68 Å². The predicted molar refractivity (Wildman–Crippen MR) is 71.2 cm³/mol. The molecule has 4 nitrogen and oxygen atoms in total. The van der Waals surface area contributed by atoms with Gasteiger partial charge in [-0.3, -0.25) is 0 Å². The molecule has 0 amide bonds. The second kappa shape index (κ2) is 5.25. The largest absolute Gasteiger partial charge is 0.356 e. The summed E-state index contributed by atoms with van der Waals surface area (Å²) < 4.78 is 7.70. The minimum Gasteiger partial charge on any atom is -0.356 e. The molecule has 1 aromatic carbocycles. The summed E-state index contributed by atoms with van der Waals surface area (Å²) in [5.74, 6) is 0. The highest BCUT2D eigenvalue weighted by Crippen LogP contribution is 2.28. The van der Waals surface area contributed by atoms with Gasteiger partial charge < -0.3 is 4.74 Å². The smallest absolute Gasteiger partial charge is 0.150 e. The Bertz CT molecular complexity index is 606. The first-order valence-corrected chi connectivity index (χ1v) is 6.54. The van der Waals surface area contributed by atoms with E-state index >= 15 is 0 Å². The third-order valence-corrected chi connectivity index (χ3v) is 3.39. The molecule has 1 atom stereocenters. The molecule has 1 unspecified atom stereocenters. The van der Waals surface area contributed by atoms with Gasteiger partial charge in [0, 0.05) is 18.4 Å². The topological polar surface area (TPSA) is 50.8 Å². The molecule has 2 aromatic rings. The maximum absolute atomic E-state index is 8.98. The van der Waals surface area contributed by atoms with Gasteiger partial charge in [0.2, 0.25) is 0 Å². The highest BCUT2D eigenvalue weighted by Gasteiger charge is 2.19. The molecule has 4 heteroatoms. The second-order valence-electron chi connectivity index (χ2n) is 4.67. The molecule has 1 fully saturated rings. The highest BCUT2D eigenvalue weighted by atomic mass is 16.5. The molecule has 0 spiro atoms. The van der Waals surface area contributed by atoms with Gasteiger partial charge in [0.25, 0.3) is 0 Å². The predicted octanol–water partition coefficient (Wildman–Crippen LogP) is 3.12. The van der Waals surface area contributed by atoms with Gasteiger partial charge in [0.1, 0.15) is 0 Å². The molecular weight excluding hydrogens is 238 g/mol. The summed E-state index contributed by atoms with van der Waals surface area (Å²) in [6.45, 7) is 0.794. The average Bonchev–Trinajstić information content (AvgIpc) is 2.98. The Kier molecular flexibility index (Phi) is 3.30. The first-order valence-electron chi connectivity index (χ1n) is 6.54. The Labute approximate surface area is 112 Å². The monoisotopic (exact) mass is 253 g/mol.